The summed E-state index contributed by atoms with van der Waals surface area (Å²) in [7, 11) is 1.36. The van der Waals surface area contributed by atoms with Crippen molar-refractivity contribution in [3.63, 3.8) is 0 Å². The normalized spacial score (nSPS) is 17.7. The molecule has 200 valence electrons. The van der Waals surface area contributed by atoms with Gasteiger partial charge in [-0.1, -0.05) is 15.9 Å². The molecule has 2 N–H and O–H groups in total. The van der Waals surface area contributed by atoms with E-state index >= 15 is 0 Å². The van der Waals surface area contributed by atoms with Gasteiger partial charge in [0.05, 0.1) is 45.2 Å². The number of quaternary nitrogens is 1. The van der Waals surface area contributed by atoms with Crippen molar-refractivity contribution in [1.29, 1.82) is 0 Å². The van der Waals surface area contributed by atoms with Gasteiger partial charge in [-0.15, -0.1) is 0 Å². The molecule has 0 radical (unpaired) electrons. The Kier molecular flexibility index (Phi) is 12.4. The first-order valence-corrected chi connectivity index (χ1v) is 13.2. The number of rotatable bonds is 16. The number of ether oxygens (including phenoxy) is 2. The summed E-state index contributed by atoms with van der Waals surface area (Å²) in [6, 6.07) is 0. The highest BCUT2D eigenvalue weighted by Crippen LogP contribution is 2.45. The molecular weight excluding hydrogens is 537 g/mol. The van der Waals surface area contributed by atoms with Crippen LogP contribution in [0.25, 0.3) is 0 Å². The van der Waals surface area contributed by atoms with Crippen molar-refractivity contribution in [1.82, 2.24) is 0 Å². The Hall–Kier alpha value is -1.04. The molecule has 0 spiro atoms. The smallest absolute Gasteiger partial charge is 0.472 e. The maximum Gasteiger partial charge on any atom is 0.472 e. The highest BCUT2D eigenvalue weighted by Gasteiger charge is 2.49. The van der Waals surface area contributed by atoms with Crippen molar-refractivity contribution in [2.75, 3.05) is 54.1 Å². The van der Waals surface area contributed by atoms with Gasteiger partial charge in [-0.3, -0.25) is 23.4 Å². The van der Waals surface area contributed by atoms with Gasteiger partial charge in [0, 0.05) is 0 Å². The molecule has 0 aromatic rings. The summed E-state index contributed by atoms with van der Waals surface area (Å²) in [6.07, 6.45) is -0.246. The van der Waals surface area contributed by atoms with Gasteiger partial charge >= 0.3 is 25.7 Å². The molecule has 34 heavy (non-hydrogen) atoms. The number of hydrogen-bond acceptors (Lipinski definition) is 8. The predicted molar refractivity (Wildman–Crippen MR) is 128 cm³/mol. The Labute approximate surface area is 210 Å². The molecule has 0 rings (SSSR count). The van der Waals surface area contributed by atoms with E-state index in [1.165, 1.54) is 13.8 Å². The second-order valence-corrected chi connectivity index (χ2v) is 13.5. The van der Waals surface area contributed by atoms with Crippen LogP contribution in [0.15, 0.2) is 0 Å². The third kappa shape index (κ3) is 12.1. The zero-order valence-electron chi connectivity index (χ0n) is 21.4. The molecule has 0 bridgehead atoms. The quantitative estimate of drug-likeness (QED) is 0.0923. The van der Waals surface area contributed by atoms with Crippen LogP contribution < -0.4 is 0 Å². The van der Waals surface area contributed by atoms with Crippen LogP contribution in [-0.4, -0.2) is 90.8 Å². The van der Waals surface area contributed by atoms with Crippen LogP contribution in [0.1, 0.15) is 47.5 Å². The summed E-state index contributed by atoms with van der Waals surface area (Å²) in [5.74, 6) is -2.49. The summed E-state index contributed by atoms with van der Waals surface area (Å²) in [5, 5.41) is 9.52. The van der Waals surface area contributed by atoms with Crippen LogP contribution in [0.3, 0.4) is 0 Å². The average Bonchev–Trinajstić information content (AvgIpc) is 2.62. The monoisotopic (exact) mass is 576 g/mol. The first-order valence-electron chi connectivity index (χ1n) is 10.9. The predicted octanol–water partition coefficient (Wildman–Crippen LogP) is 2.98. The van der Waals surface area contributed by atoms with Gasteiger partial charge in [-0.05, 0) is 47.5 Å². The number of carboxylic acid groups (broad SMARTS) is 1. The molecular formula is C21H40BrNO10P+. The Morgan fingerprint density at radius 2 is 1.44 bits per heavy atom. The lowest BCUT2D eigenvalue weighted by molar-refractivity contribution is -0.870. The molecule has 13 heteroatoms. The molecule has 0 fully saturated rings. The number of aliphatic carboxylic acids is 1. The Morgan fingerprint density at radius 3 is 1.91 bits per heavy atom. The first kappa shape index (κ1) is 33.0. The van der Waals surface area contributed by atoms with Gasteiger partial charge in [0.2, 0.25) is 0 Å². The number of phosphoric ester groups is 1. The van der Waals surface area contributed by atoms with E-state index in [-0.39, 0.29) is 32.7 Å². The highest BCUT2D eigenvalue weighted by atomic mass is 79.9. The lowest BCUT2D eigenvalue weighted by Gasteiger charge is -2.37. The first-order chi connectivity index (χ1) is 15.2. The van der Waals surface area contributed by atoms with Crippen molar-refractivity contribution in [2.45, 2.75) is 51.8 Å². The van der Waals surface area contributed by atoms with Crippen molar-refractivity contribution in [2.24, 2.45) is 10.8 Å². The van der Waals surface area contributed by atoms with Gasteiger partial charge in [-0.25, -0.2) is 4.57 Å². The van der Waals surface area contributed by atoms with E-state index < -0.39 is 47.5 Å². The minimum Gasteiger partial charge on any atom is -0.480 e. The van der Waals surface area contributed by atoms with Crippen LogP contribution in [-0.2, 0) is 37.5 Å². The topological polar surface area (TPSA) is 146 Å². The summed E-state index contributed by atoms with van der Waals surface area (Å²) in [4.78, 5) is 46.8. The Morgan fingerprint density at radius 1 is 0.912 bits per heavy atom. The molecule has 0 aromatic carbocycles. The number of nitrogens with zero attached hydrogens (tertiary/aromatic N) is 1. The van der Waals surface area contributed by atoms with Crippen molar-refractivity contribution in [3.05, 3.63) is 0 Å². The molecule has 0 aliphatic heterocycles. The number of hydrogen-bond donors (Lipinski definition) is 2. The van der Waals surface area contributed by atoms with Crippen LogP contribution in [0.5, 0.6) is 0 Å². The molecule has 0 aliphatic rings. The van der Waals surface area contributed by atoms with Crippen molar-refractivity contribution >= 4 is 41.7 Å². The Balaban J connectivity index is 5.25. The second kappa shape index (κ2) is 12.8. The number of phosphoric acid groups is 1. The maximum atomic E-state index is 13.0. The fourth-order valence-electron chi connectivity index (χ4n) is 3.32. The van der Waals surface area contributed by atoms with Crippen LogP contribution in [0.4, 0.5) is 0 Å². The van der Waals surface area contributed by atoms with Crippen LogP contribution in [0.2, 0.25) is 0 Å². The van der Waals surface area contributed by atoms with Crippen LogP contribution in [0, 0.1) is 10.8 Å². The Bertz CT molecular complexity index is 765. The summed E-state index contributed by atoms with van der Waals surface area (Å²) >= 11 is 3.14. The minimum absolute atomic E-state index is 0.00288. The fraction of sp³-hybridized carbons (Fsp3) is 0.857. The standard InChI is InChI=1S/C21H39BrNO10P/c1-9-30-17(26)19(2,3)14-20(4,15-21(5,22)16(24)25)18(27)31-12-13-33-34(28,29)32-11-10-23(6,7)8/h9-15H2,1-8H3,(H-,24,25,28,29)/p+1. The number of esters is 2. The average molecular weight is 577 g/mol. The summed E-state index contributed by atoms with van der Waals surface area (Å²) < 4.78 is 31.1. The summed E-state index contributed by atoms with van der Waals surface area (Å²) in [5.41, 5.74) is -2.51. The summed E-state index contributed by atoms with van der Waals surface area (Å²) in [6.45, 7) is 7.61. The number of carboxylic acids is 1. The van der Waals surface area contributed by atoms with E-state index in [1.54, 1.807) is 20.8 Å². The molecule has 0 heterocycles. The van der Waals surface area contributed by atoms with Crippen molar-refractivity contribution < 1.29 is 52.0 Å². The van der Waals surface area contributed by atoms with Gasteiger partial charge in [0.25, 0.3) is 0 Å². The number of likely N-dealkylation sites (N-methyl/N-ethyl adjacent to an activating group) is 1. The van der Waals surface area contributed by atoms with E-state index in [2.05, 4.69) is 15.9 Å². The molecule has 0 aliphatic carbocycles. The zero-order chi connectivity index (χ0) is 27.0. The molecule has 0 amide bonds. The van der Waals surface area contributed by atoms with E-state index in [9.17, 15) is 28.9 Å². The van der Waals surface area contributed by atoms with E-state index in [0.717, 1.165) is 0 Å². The van der Waals surface area contributed by atoms with E-state index in [1.807, 2.05) is 21.1 Å². The number of halogens is 1. The van der Waals surface area contributed by atoms with E-state index in [0.29, 0.717) is 11.0 Å². The van der Waals surface area contributed by atoms with Gasteiger partial charge in [0.1, 0.15) is 24.1 Å². The number of carbonyl (C=O) groups excluding carboxylic acids is 2. The molecule has 3 atom stereocenters. The van der Waals surface area contributed by atoms with Crippen molar-refractivity contribution in [3.8, 4) is 0 Å². The third-order valence-corrected chi connectivity index (χ3v) is 6.55. The maximum absolute atomic E-state index is 13.0. The fourth-order valence-corrected chi connectivity index (χ4v) is 4.63. The lowest BCUT2D eigenvalue weighted by Crippen LogP contribution is -2.44. The molecule has 0 aromatic heterocycles. The number of alkyl halides is 1. The lowest BCUT2D eigenvalue weighted by atomic mass is 9.70. The largest absolute Gasteiger partial charge is 0.480 e. The SMILES string of the molecule is CCOC(=O)C(C)(C)CC(C)(CC(C)(Br)C(=O)O)C(=O)OCCOP(=O)(O)OCC[N+](C)(C)C. The molecule has 0 saturated heterocycles. The molecule has 11 nitrogen and oxygen atoms in total. The third-order valence-electron chi connectivity index (χ3n) is 4.91. The molecule has 0 saturated carbocycles. The highest BCUT2D eigenvalue weighted by molar-refractivity contribution is 9.10. The molecule has 3 unspecified atom stereocenters. The van der Waals surface area contributed by atoms with E-state index in [4.69, 9.17) is 18.5 Å². The second-order valence-electron chi connectivity index (χ2n) is 10.3. The van der Waals surface area contributed by atoms with Gasteiger partial charge in [-0.2, -0.15) is 0 Å². The number of carbonyl (C=O) groups is 3. The minimum atomic E-state index is -4.33. The van der Waals surface area contributed by atoms with Gasteiger partial charge in [0.15, 0.2) is 0 Å². The zero-order valence-corrected chi connectivity index (χ0v) is 23.9. The van der Waals surface area contributed by atoms with Gasteiger partial charge < -0.3 is 24.0 Å². The van der Waals surface area contributed by atoms with Crippen LogP contribution >= 0.6 is 23.8 Å².